The van der Waals surface area contributed by atoms with Gasteiger partial charge in [0.2, 0.25) is 5.91 Å². The number of nitrogens with one attached hydrogen (secondary N) is 3. The number of aliphatic imine (C=N–C) groups is 1. The van der Waals surface area contributed by atoms with Gasteiger partial charge in [0.05, 0.1) is 30.1 Å². The SMILES string of the molecule is CCC(SC1=NC2NNC(C)C2C(=N)N1c1cc(Cl)ccc1C)C(=O)N1CCOCC1. The van der Waals surface area contributed by atoms with Gasteiger partial charge in [-0.25, -0.2) is 10.4 Å². The van der Waals surface area contributed by atoms with E-state index < -0.39 is 0 Å². The molecule has 1 aromatic rings. The Balaban J connectivity index is 1.68. The minimum Gasteiger partial charge on any atom is -0.378 e. The Labute approximate surface area is 192 Å². The number of benzene rings is 1. The summed E-state index contributed by atoms with van der Waals surface area (Å²) in [7, 11) is 0. The van der Waals surface area contributed by atoms with E-state index in [1.165, 1.54) is 11.8 Å². The molecule has 3 aliphatic rings. The lowest BCUT2D eigenvalue weighted by Gasteiger charge is -2.38. The summed E-state index contributed by atoms with van der Waals surface area (Å²) in [6, 6.07) is 5.72. The third kappa shape index (κ3) is 4.47. The highest BCUT2D eigenvalue weighted by Gasteiger charge is 2.45. The van der Waals surface area contributed by atoms with Crippen LogP contribution in [0, 0.1) is 18.3 Å². The number of morpholine rings is 1. The molecule has 1 aromatic carbocycles. The standard InChI is InChI=1S/C21H29ClN6O2S/c1-4-16(20(29)27-7-9-30-10-8-27)31-21-24-19-17(13(3)25-26-19)18(23)28(21)15-11-14(22)6-5-12(15)2/h5-6,11,13,16-17,19,23,25-26H,4,7-10H2,1-3H3. The van der Waals surface area contributed by atoms with Crippen molar-refractivity contribution in [3.05, 3.63) is 28.8 Å². The highest BCUT2D eigenvalue weighted by Crippen LogP contribution is 2.36. The fourth-order valence-corrected chi connectivity index (χ4v) is 5.47. The molecule has 168 valence electrons. The molecule has 0 spiro atoms. The van der Waals surface area contributed by atoms with Gasteiger partial charge >= 0.3 is 0 Å². The highest BCUT2D eigenvalue weighted by molar-refractivity contribution is 8.15. The summed E-state index contributed by atoms with van der Waals surface area (Å²) in [5.74, 6) is 0.435. The van der Waals surface area contributed by atoms with E-state index in [2.05, 4.69) is 10.9 Å². The Kier molecular flexibility index (Phi) is 6.88. The molecule has 0 aliphatic carbocycles. The zero-order valence-corrected chi connectivity index (χ0v) is 19.6. The van der Waals surface area contributed by atoms with Crippen LogP contribution in [0.1, 0.15) is 25.8 Å². The van der Waals surface area contributed by atoms with E-state index in [9.17, 15) is 4.79 Å². The average molecular weight is 465 g/mol. The Hall–Kier alpha value is -1.65. The summed E-state index contributed by atoms with van der Waals surface area (Å²) in [4.78, 5) is 21.9. The monoisotopic (exact) mass is 464 g/mol. The number of amides is 1. The number of hydrogen-bond acceptors (Lipinski definition) is 7. The maximum absolute atomic E-state index is 13.2. The molecule has 3 aliphatic heterocycles. The first-order valence-corrected chi connectivity index (χ1v) is 11.9. The normalized spacial score (nSPS) is 27.2. The van der Waals surface area contributed by atoms with Crippen molar-refractivity contribution in [2.75, 3.05) is 31.2 Å². The number of carbonyl (C=O) groups is 1. The lowest BCUT2D eigenvalue weighted by Crippen LogP contribution is -2.51. The number of anilines is 1. The Morgan fingerprint density at radius 3 is 2.84 bits per heavy atom. The van der Waals surface area contributed by atoms with Crippen LogP contribution in [0.4, 0.5) is 5.69 Å². The van der Waals surface area contributed by atoms with Crippen LogP contribution in [0.3, 0.4) is 0 Å². The number of hydrazine groups is 1. The molecule has 0 saturated carbocycles. The molecule has 4 rings (SSSR count). The molecular formula is C21H29ClN6O2S. The molecule has 1 amide bonds. The van der Waals surface area contributed by atoms with Crippen LogP contribution in [0.25, 0.3) is 0 Å². The van der Waals surface area contributed by atoms with E-state index in [1.54, 1.807) is 0 Å². The second kappa shape index (κ2) is 9.46. The van der Waals surface area contributed by atoms with Gasteiger partial charge in [-0.1, -0.05) is 36.4 Å². The largest absolute Gasteiger partial charge is 0.378 e. The van der Waals surface area contributed by atoms with Crippen molar-refractivity contribution in [2.45, 2.75) is 44.6 Å². The Bertz CT molecular complexity index is 891. The van der Waals surface area contributed by atoms with Crippen LogP contribution in [-0.2, 0) is 9.53 Å². The molecule has 2 fully saturated rings. The molecule has 4 atom stereocenters. The fraction of sp³-hybridized carbons (Fsp3) is 0.571. The number of thioether (sulfide) groups is 1. The van der Waals surface area contributed by atoms with Gasteiger partial charge in [-0.3, -0.25) is 20.5 Å². The first-order chi connectivity index (χ1) is 14.9. The molecular weight excluding hydrogens is 436 g/mol. The van der Waals surface area contributed by atoms with Gasteiger partial charge in [0.25, 0.3) is 0 Å². The number of aryl methyl sites for hydroxylation is 1. The zero-order chi connectivity index (χ0) is 22.1. The number of nitrogens with zero attached hydrogens (tertiary/aromatic N) is 3. The van der Waals surface area contributed by atoms with Crippen molar-refractivity contribution in [2.24, 2.45) is 10.9 Å². The van der Waals surface area contributed by atoms with Gasteiger partial charge in [-0.15, -0.1) is 0 Å². The lowest BCUT2D eigenvalue weighted by atomic mass is 9.96. The van der Waals surface area contributed by atoms with E-state index >= 15 is 0 Å². The van der Waals surface area contributed by atoms with Crippen LogP contribution in [0.15, 0.2) is 23.2 Å². The molecule has 3 N–H and O–H groups in total. The summed E-state index contributed by atoms with van der Waals surface area (Å²) < 4.78 is 5.40. The second-order valence-electron chi connectivity index (χ2n) is 8.06. The summed E-state index contributed by atoms with van der Waals surface area (Å²) in [6.45, 7) is 8.43. The van der Waals surface area contributed by atoms with Gasteiger partial charge in [0.15, 0.2) is 5.17 Å². The molecule has 4 unspecified atom stereocenters. The smallest absolute Gasteiger partial charge is 0.236 e. The van der Waals surface area contributed by atoms with Gasteiger partial charge in [0.1, 0.15) is 12.0 Å². The second-order valence-corrected chi connectivity index (χ2v) is 9.67. The fourth-order valence-electron chi connectivity index (χ4n) is 4.16. The zero-order valence-electron chi connectivity index (χ0n) is 18.0. The third-order valence-corrected chi connectivity index (χ3v) is 7.52. The van der Waals surface area contributed by atoms with Crippen molar-refractivity contribution in [1.29, 1.82) is 5.41 Å². The minimum absolute atomic E-state index is 0.0618. The molecule has 0 aromatic heterocycles. The highest BCUT2D eigenvalue weighted by atomic mass is 35.5. The van der Waals surface area contributed by atoms with E-state index in [1.807, 2.05) is 48.8 Å². The third-order valence-electron chi connectivity index (χ3n) is 5.96. The number of fused-ring (bicyclic) bond motifs is 1. The average Bonchev–Trinajstić information content (AvgIpc) is 3.15. The quantitative estimate of drug-likeness (QED) is 0.634. The first kappa shape index (κ1) is 22.5. The van der Waals surface area contributed by atoms with Gasteiger partial charge in [-0.2, -0.15) is 0 Å². The van der Waals surface area contributed by atoms with Crippen LogP contribution in [-0.4, -0.2) is 65.6 Å². The molecule has 10 heteroatoms. The lowest BCUT2D eigenvalue weighted by molar-refractivity contribution is -0.134. The summed E-state index contributed by atoms with van der Waals surface area (Å²) in [5.41, 5.74) is 8.23. The predicted octanol–water partition coefficient (Wildman–Crippen LogP) is 2.61. The topological polar surface area (TPSA) is 93.1 Å². The predicted molar refractivity (Wildman–Crippen MR) is 126 cm³/mol. The Morgan fingerprint density at radius 1 is 1.39 bits per heavy atom. The minimum atomic E-state index is -0.282. The van der Waals surface area contributed by atoms with E-state index in [-0.39, 0.29) is 29.3 Å². The van der Waals surface area contributed by atoms with Crippen molar-refractivity contribution in [3.63, 3.8) is 0 Å². The molecule has 0 radical (unpaired) electrons. The van der Waals surface area contributed by atoms with Crippen LogP contribution < -0.4 is 15.8 Å². The maximum Gasteiger partial charge on any atom is 0.236 e. The Morgan fingerprint density at radius 2 is 2.13 bits per heavy atom. The van der Waals surface area contributed by atoms with E-state index in [0.29, 0.717) is 48.8 Å². The molecule has 3 heterocycles. The molecule has 2 saturated heterocycles. The first-order valence-electron chi connectivity index (χ1n) is 10.7. The van der Waals surface area contributed by atoms with Crippen molar-refractivity contribution in [1.82, 2.24) is 15.8 Å². The van der Waals surface area contributed by atoms with Crippen molar-refractivity contribution >= 4 is 46.0 Å². The van der Waals surface area contributed by atoms with Crippen LogP contribution in [0.2, 0.25) is 5.02 Å². The number of rotatable bonds is 4. The summed E-state index contributed by atoms with van der Waals surface area (Å²) in [6.07, 6.45) is 0.433. The summed E-state index contributed by atoms with van der Waals surface area (Å²) >= 11 is 7.75. The maximum atomic E-state index is 13.2. The molecule has 0 bridgehead atoms. The number of amidine groups is 2. The molecule has 8 nitrogen and oxygen atoms in total. The van der Waals surface area contributed by atoms with E-state index in [0.717, 1.165) is 11.3 Å². The summed E-state index contributed by atoms with van der Waals surface area (Å²) in [5, 5.41) is 10.0. The van der Waals surface area contributed by atoms with Crippen molar-refractivity contribution in [3.8, 4) is 0 Å². The van der Waals surface area contributed by atoms with Crippen LogP contribution in [0.5, 0.6) is 0 Å². The van der Waals surface area contributed by atoms with Gasteiger partial charge in [0, 0.05) is 24.2 Å². The number of hydrogen-bond donors (Lipinski definition) is 3. The molecule has 31 heavy (non-hydrogen) atoms. The van der Waals surface area contributed by atoms with Crippen molar-refractivity contribution < 1.29 is 9.53 Å². The number of halogens is 1. The van der Waals surface area contributed by atoms with E-state index in [4.69, 9.17) is 26.7 Å². The van der Waals surface area contributed by atoms with Crippen LogP contribution >= 0.6 is 23.4 Å². The van der Waals surface area contributed by atoms with Gasteiger partial charge in [-0.05, 0) is 38.0 Å². The van der Waals surface area contributed by atoms with Gasteiger partial charge < -0.3 is 9.64 Å². The number of ether oxygens (including phenoxy) is 1. The number of carbonyl (C=O) groups excluding carboxylic acids is 1.